The first-order valence-electron chi connectivity index (χ1n) is 7.24. The molecule has 2 aliphatic carbocycles. The number of hydrogen-bond acceptors (Lipinski definition) is 2. The summed E-state index contributed by atoms with van der Waals surface area (Å²) in [7, 11) is 0. The zero-order valence-corrected chi connectivity index (χ0v) is 11.0. The maximum Gasteiger partial charge on any atom is 0.0951 e. The predicted octanol–water partition coefficient (Wildman–Crippen LogP) is 3.00. The van der Waals surface area contributed by atoms with Gasteiger partial charge in [0.2, 0.25) is 0 Å². The molecule has 1 fully saturated rings. The molecule has 4 rings (SSSR count). The van der Waals surface area contributed by atoms with Crippen molar-refractivity contribution in [1.82, 2.24) is 14.9 Å². The van der Waals surface area contributed by atoms with Gasteiger partial charge in [-0.3, -0.25) is 0 Å². The second-order valence-electron chi connectivity index (χ2n) is 5.69. The van der Waals surface area contributed by atoms with Crippen LogP contribution in [0.5, 0.6) is 0 Å². The lowest BCUT2D eigenvalue weighted by Gasteiger charge is -2.15. The number of hydrogen-bond donors (Lipinski definition) is 1. The molecule has 2 aliphatic rings. The summed E-state index contributed by atoms with van der Waals surface area (Å²) in [5.41, 5.74) is 4.32. The number of rotatable bonds is 4. The molecule has 1 saturated carbocycles. The molecule has 0 saturated heterocycles. The van der Waals surface area contributed by atoms with Crippen molar-refractivity contribution < 1.29 is 0 Å². The first kappa shape index (κ1) is 11.2. The maximum atomic E-state index is 4.30. The molecule has 0 bridgehead atoms. The Balaban J connectivity index is 1.47. The van der Waals surface area contributed by atoms with Crippen molar-refractivity contribution in [2.24, 2.45) is 0 Å². The monoisotopic (exact) mass is 253 g/mol. The largest absolute Gasteiger partial charge is 0.330 e. The topological polar surface area (TPSA) is 29.9 Å². The Morgan fingerprint density at radius 2 is 2.11 bits per heavy atom. The van der Waals surface area contributed by atoms with Crippen molar-refractivity contribution in [1.29, 1.82) is 0 Å². The minimum Gasteiger partial charge on any atom is -0.330 e. The van der Waals surface area contributed by atoms with Crippen molar-refractivity contribution in [2.75, 3.05) is 0 Å². The molecule has 3 heteroatoms. The summed E-state index contributed by atoms with van der Waals surface area (Å²) < 4.78 is 2.34. The number of aryl methyl sites for hydroxylation is 1. The lowest BCUT2D eigenvalue weighted by atomic mass is 10.1. The van der Waals surface area contributed by atoms with E-state index in [2.05, 4.69) is 39.1 Å². The lowest BCUT2D eigenvalue weighted by Crippen LogP contribution is -2.20. The van der Waals surface area contributed by atoms with Gasteiger partial charge in [-0.05, 0) is 36.8 Å². The second kappa shape index (κ2) is 4.49. The van der Waals surface area contributed by atoms with Crippen LogP contribution in [-0.4, -0.2) is 9.55 Å². The van der Waals surface area contributed by atoms with Crippen molar-refractivity contribution in [3.63, 3.8) is 0 Å². The molecule has 0 radical (unpaired) electrons. The number of nitrogens with zero attached hydrogens (tertiary/aromatic N) is 2. The molecule has 98 valence electrons. The van der Waals surface area contributed by atoms with Gasteiger partial charge in [-0.2, -0.15) is 0 Å². The molecule has 1 atom stereocenters. The molecule has 0 aliphatic heterocycles. The fourth-order valence-electron chi connectivity index (χ4n) is 3.15. The fourth-order valence-corrected chi connectivity index (χ4v) is 3.15. The molecule has 3 nitrogen and oxygen atoms in total. The zero-order chi connectivity index (χ0) is 12.7. The molecule has 0 spiro atoms. The average molecular weight is 253 g/mol. The maximum absolute atomic E-state index is 4.30. The van der Waals surface area contributed by atoms with E-state index in [4.69, 9.17) is 0 Å². The fraction of sp³-hybridized carbons (Fsp3) is 0.438. The Labute approximate surface area is 113 Å². The lowest BCUT2D eigenvalue weighted by molar-refractivity contribution is 0.512. The van der Waals surface area contributed by atoms with E-state index >= 15 is 0 Å². The van der Waals surface area contributed by atoms with Crippen LogP contribution in [0.2, 0.25) is 0 Å². The van der Waals surface area contributed by atoms with Gasteiger partial charge in [-0.1, -0.05) is 24.3 Å². The number of fused-ring (bicyclic) bond motifs is 1. The highest BCUT2D eigenvalue weighted by Gasteiger charge is 2.26. The summed E-state index contributed by atoms with van der Waals surface area (Å²) >= 11 is 0. The SMILES string of the molecule is c1ccc2c(c1)CCC2NCc1cncn1C1CC1. The first-order valence-corrected chi connectivity index (χ1v) is 7.24. The van der Waals surface area contributed by atoms with E-state index in [1.807, 2.05) is 12.5 Å². The predicted molar refractivity (Wildman–Crippen MR) is 74.8 cm³/mol. The number of aromatic nitrogens is 2. The summed E-state index contributed by atoms with van der Waals surface area (Å²) in [5.74, 6) is 0. The van der Waals surface area contributed by atoms with E-state index in [0.29, 0.717) is 6.04 Å². The van der Waals surface area contributed by atoms with Gasteiger partial charge < -0.3 is 9.88 Å². The highest BCUT2D eigenvalue weighted by molar-refractivity contribution is 5.34. The summed E-state index contributed by atoms with van der Waals surface area (Å²) in [6, 6.07) is 10.0. The number of benzene rings is 1. The molecule has 1 N–H and O–H groups in total. The van der Waals surface area contributed by atoms with Crippen LogP contribution in [0, 0.1) is 0 Å². The first-order chi connectivity index (χ1) is 9.42. The third-order valence-corrected chi connectivity index (χ3v) is 4.35. The molecule has 2 aromatic rings. The van der Waals surface area contributed by atoms with E-state index in [-0.39, 0.29) is 0 Å². The van der Waals surface area contributed by atoms with Gasteiger partial charge in [-0.15, -0.1) is 0 Å². The smallest absolute Gasteiger partial charge is 0.0951 e. The number of nitrogens with one attached hydrogen (secondary N) is 1. The van der Waals surface area contributed by atoms with Crippen LogP contribution in [0.3, 0.4) is 0 Å². The van der Waals surface area contributed by atoms with Gasteiger partial charge >= 0.3 is 0 Å². The Kier molecular flexibility index (Phi) is 2.66. The van der Waals surface area contributed by atoms with Crippen molar-refractivity contribution >= 4 is 0 Å². The van der Waals surface area contributed by atoms with Gasteiger partial charge in [0.25, 0.3) is 0 Å². The summed E-state index contributed by atoms with van der Waals surface area (Å²) in [6.07, 6.45) is 9.04. The van der Waals surface area contributed by atoms with Crippen LogP contribution in [0.15, 0.2) is 36.8 Å². The van der Waals surface area contributed by atoms with Crippen molar-refractivity contribution in [2.45, 2.75) is 44.3 Å². The summed E-state index contributed by atoms with van der Waals surface area (Å²) in [6.45, 7) is 0.926. The molecule has 1 unspecified atom stereocenters. The Morgan fingerprint density at radius 3 is 3.00 bits per heavy atom. The quantitative estimate of drug-likeness (QED) is 0.907. The van der Waals surface area contributed by atoms with Crippen LogP contribution >= 0.6 is 0 Å². The Hall–Kier alpha value is -1.61. The van der Waals surface area contributed by atoms with Crippen molar-refractivity contribution in [3.8, 4) is 0 Å². The minimum atomic E-state index is 0.513. The van der Waals surface area contributed by atoms with Gasteiger partial charge in [0, 0.05) is 24.8 Å². The van der Waals surface area contributed by atoms with E-state index in [0.717, 1.165) is 12.6 Å². The highest BCUT2D eigenvalue weighted by Crippen LogP contribution is 2.36. The molecular weight excluding hydrogens is 234 g/mol. The van der Waals surface area contributed by atoms with Gasteiger partial charge in [0.15, 0.2) is 0 Å². The van der Waals surface area contributed by atoms with E-state index in [9.17, 15) is 0 Å². The van der Waals surface area contributed by atoms with Crippen LogP contribution in [0.25, 0.3) is 0 Å². The molecular formula is C16H19N3. The normalized spacial score (nSPS) is 21.6. The van der Waals surface area contributed by atoms with Crippen LogP contribution < -0.4 is 5.32 Å². The summed E-state index contributed by atoms with van der Waals surface area (Å²) in [4.78, 5) is 4.30. The molecule has 1 aromatic carbocycles. The highest BCUT2D eigenvalue weighted by atomic mass is 15.1. The zero-order valence-electron chi connectivity index (χ0n) is 11.0. The third-order valence-electron chi connectivity index (χ3n) is 4.35. The summed E-state index contributed by atoms with van der Waals surface area (Å²) in [5, 5.41) is 3.70. The molecule has 0 amide bonds. The van der Waals surface area contributed by atoms with Gasteiger partial charge in [0.1, 0.15) is 0 Å². The van der Waals surface area contributed by atoms with Gasteiger partial charge in [0.05, 0.1) is 12.0 Å². The Bertz CT molecular complexity index is 583. The standard InChI is InChI=1S/C16H19N3/c1-2-4-15-12(3-1)5-8-16(15)18-10-14-9-17-11-19(14)13-6-7-13/h1-4,9,11,13,16,18H,5-8,10H2. The molecule has 1 aromatic heterocycles. The Morgan fingerprint density at radius 1 is 1.21 bits per heavy atom. The average Bonchev–Trinajstić information content (AvgIpc) is 3.04. The van der Waals surface area contributed by atoms with Crippen LogP contribution in [0.4, 0.5) is 0 Å². The van der Waals surface area contributed by atoms with E-state index in [1.165, 1.54) is 42.5 Å². The molecule has 1 heterocycles. The van der Waals surface area contributed by atoms with E-state index < -0.39 is 0 Å². The van der Waals surface area contributed by atoms with Crippen LogP contribution in [-0.2, 0) is 13.0 Å². The molecule has 19 heavy (non-hydrogen) atoms. The van der Waals surface area contributed by atoms with Crippen LogP contribution in [0.1, 0.15) is 48.2 Å². The van der Waals surface area contributed by atoms with Gasteiger partial charge in [-0.25, -0.2) is 4.98 Å². The minimum absolute atomic E-state index is 0.513. The van der Waals surface area contributed by atoms with E-state index in [1.54, 1.807) is 0 Å². The number of imidazole rings is 1. The third kappa shape index (κ3) is 2.08. The van der Waals surface area contributed by atoms with Crippen molar-refractivity contribution in [3.05, 3.63) is 53.6 Å². The second-order valence-corrected chi connectivity index (χ2v) is 5.69.